The van der Waals surface area contributed by atoms with Crippen LogP contribution in [0, 0.1) is 5.82 Å². The number of hydrogen-bond acceptors (Lipinski definition) is 6. The van der Waals surface area contributed by atoms with Crippen molar-refractivity contribution in [3.05, 3.63) is 62.2 Å². The molecule has 1 amide bonds. The normalized spacial score (nSPS) is 18.3. The van der Waals surface area contributed by atoms with E-state index in [0.29, 0.717) is 24.5 Å². The number of carbonyl (C=O) groups is 1. The SMILES string of the molecule is CCn1c(=O)[nH]c(=O)c2c(C(=O)Nc3ccc(N4CC(C)OC(C)C4)c(F)c3)cc(C(C)C)nc21. The van der Waals surface area contributed by atoms with Gasteiger partial charge in [0.15, 0.2) is 5.65 Å². The molecular weight excluding hydrogens is 453 g/mol. The second kappa shape index (κ2) is 9.61. The number of benzene rings is 1. The number of aromatic amines is 1. The zero-order chi connectivity index (χ0) is 25.4. The standard InChI is InChI=1S/C25H30FN5O4/c1-6-31-22-21(24(33)29-25(31)34)17(10-19(28-22)13(2)3)23(32)27-16-7-8-20(18(26)9-16)30-11-14(4)35-15(5)12-30/h7-10,13-15H,6,11-12H2,1-5H3,(H,27,32)(H,29,33,34). The van der Waals surface area contributed by atoms with Crippen LogP contribution in [0.3, 0.4) is 0 Å². The highest BCUT2D eigenvalue weighted by molar-refractivity contribution is 6.11. The van der Waals surface area contributed by atoms with Crippen LogP contribution in [0.5, 0.6) is 0 Å². The molecule has 1 aromatic carbocycles. The van der Waals surface area contributed by atoms with Crippen molar-refractivity contribution in [1.82, 2.24) is 14.5 Å². The van der Waals surface area contributed by atoms with Crippen LogP contribution in [0.4, 0.5) is 15.8 Å². The molecule has 1 saturated heterocycles. The lowest BCUT2D eigenvalue weighted by Crippen LogP contribution is -2.45. The van der Waals surface area contributed by atoms with Crippen LogP contribution in [0.1, 0.15) is 56.6 Å². The molecule has 0 aliphatic carbocycles. The van der Waals surface area contributed by atoms with Gasteiger partial charge in [-0.1, -0.05) is 13.8 Å². The number of aryl methyl sites for hydroxylation is 1. The zero-order valence-corrected chi connectivity index (χ0v) is 20.5. The Balaban J connectivity index is 1.72. The van der Waals surface area contributed by atoms with E-state index in [1.807, 2.05) is 32.6 Å². The fourth-order valence-corrected chi connectivity index (χ4v) is 4.48. The first-order valence-electron chi connectivity index (χ1n) is 11.8. The summed E-state index contributed by atoms with van der Waals surface area (Å²) in [5, 5.41) is 2.71. The van der Waals surface area contributed by atoms with Crippen molar-refractivity contribution in [2.75, 3.05) is 23.3 Å². The van der Waals surface area contributed by atoms with Gasteiger partial charge in [0.2, 0.25) is 0 Å². The van der Waals surface area contributed by atoms with Gasteiger partial charge in [0.05, 0.1) is 28.8 Å². The number of ether oxygens (including phenoxy) is 1. The third-order valence-electron chi connectivity index (χ3n) is 6.09. The molecule has 4 rings (SSSR count). The Kier molecular flexibility index (Phi) is 6.75. The number of carbonyl (C=O) groups excluding carboxylic acids is 1. The van der Waals surface area contributed by atoms with Gasteiger partial charge < -0.3 is 15.0 Å². The van der Waals surface area contributed by atoms with E-state index in [-0.39, 0.29) is 47.0 Å². The smallest absolute Gasteiger partial charge is 0.329 e. The van der Waals surface area contributed by atoms with E-state index in [9.17, 15) is 14.4 Å². The number of hydrogen-bond donors (Lipinski definition) is 2. The van der Waals surface area contributed by atoms with Gasteiger partial charge in [-0.3, -0.25) is 19.1 Å². The highest BCUT2D eigenvalue weighted by Gasteiger charge is 2.25. The molecule has 2 aromatic heterocycles. The lowest BCUT2D eigenvalue weighted by molar-refractivity contribution is -0.00539. The van der Waals surface area contributed by atoms with Crippen LogP contribution in [0.25, 0.3) is 11.0 Å². The van der Waals surface area contributed by atoms with Crippen LogP contribution < -0.4 is 21.5 Å². The lowest BCUT2D eigenvalue weighted by atomic mass is 10.0. The molecular formula is C25H30FN5O4. The lowest BCUT2D eigenvalue weighted by Gasteiger charge is -2.37. The third-order valence-corrected chi connectivity index (χ3v) is 6.09. The summed E-state index contributed by atoms with van der Waals surface area (Å²) in [6, 6.07) is 6.06. The molecule has 3 heterocycles. The minimum atomic E-state index is -0.695. The Bertz CT molecular complexity index is 1390. The summed E-state index contributed by atoms with van der Waals surface area (Å²) in [6.07, 6.45) is -0.0440. The molecule has 0 spiro atoms. The quantitative estimate of drug-likeness (QED) is 0.577. The maximum absolute atomic E-state index is 15.0. The average molecular weight is 484 g/mol. The third kappa shape index (κ3) is 4.84. The fourth-order valence-electron chi connectivity index (χ4n) is 4.48. The Labute approximate surface area is 201 Å². The number of rotatable bonds is 5. The van der Waals surface area contributed by atoms with E-state index in [1.165, 1.54) is 10.6 Å². The van der Waals surface area contributed by atoms with Gasteiger partial charge >= 0.3 is 5.69 Å². The van der Waals surface area contributed by atoms with Gasteiger partial charge in [-0.25, -0.2) is 14.2 Å². The van der Waals surface area contributed by atoms with Crippen LogP contribution in [0.15, 0.2) is 33.9 Å². The van der Waals surface area contributed by atoms with Crippen LogP contribution in [0.2, 0.25) is 0 Å². The molecule has 186 valence electrons. The summed E-state index contributed by atoms with van der Waals surface area (Å²) in [4.78, 5) is 47.0. The monoisotopic (exact) mass is 483 g/mol. The summed E-state index contributed by atoms with van der Waals surface area (Å²) >= 11 is 0. The number of fused-ring (bicyclic) bond motifs is 1. The first-order valence-corrected chi connectivity index (χ1v) is 11.8. The number of amides is 1. The van der Waals surface area contributed by atoms with Gasteiger partial charge in [-0.15, -0.1) is 0 Å². The van der Waals surface area contributed by atoms with Crippen LogP contribution >= 0.6 is 0 Å². The summed E-state index contributed by atoms with van der Waals surface area (Å²) in [6.45, 7) is 10.8. The molecule has 2 N–H and O–H groups in total. The van der Waals surface area contributed by atoms with Gasteiger partial charge in [0, 0.05) is 31.0 Å². The number of pyridine rings is 1. The van der Waals surface area contributed by atoms with E-state index in [0.717, 1.165) is 0 Å². The maximum atomic E-state index is 15.0. The molecule has 1 fully saturated rings. The summed E-state index contributed by atoms with van der Waals surface area (Å²) < 4.78 is 22.1. The second-order valence-electron chi connectivity index (χ2n) is 9.23. The maximum Gasteiger partial charge on any atom is 0.329 e. The van der Waals surface area contributed by atoms with Crippen molar-refractivity contribution in [1.29, 1.82) is 0 Å². The second-order valence-corrected chi connectivity index (χ2v) is 9.23. The predicted octanol–water partition coefficient (Wildman–Crippen LogP) is 3.23. The van der Waals surface area contributed by atoms with Crippen molar-refractivity contribution in [3.63, 3.8) is 0 Å². The fraction of sp³-hybridized carbons (Fsp3) is 0.440. The van der Waals surface area contributed by atoms with Crippen LogP contribution in [-0.2, 0) is 11.3 Å². The molecule has 9 nitrogen and oxygen atoms in total. The highest BCUT2D eigenvalue weighted by atomic mass is 19.1. The van der Waals surface area contributed by atoms with Crippen LogP contribution in [-0.4, -0.2) is 45.7 Å². The summed E-state index contributed by atoms with van der Waals surface area (Å²) in [5.74, 6) is -1.11. The first kappa shape index (κ1) is 24.6. The number of H-pyrrole nitrogens is 1. The minimum Gasteiger partial charge on any atom is -0.372 e. The van der Waals surface area contributed by atoms with Crippen molar-refractivity contribution < 1.29 is 13.9 Å². The predicted molar refractivity (Wildman–Crippen MR) is 133 cm³/mol. The molecule has 1 aliphatic heterocycles. The van der Waals surface area contributed by atoms with E-state index >= 15 is 4.39 Å². The van der Waals surface area contributed by atoms with Gasteiger partial charge in [-0.2, -0.15) is 0 Å². The van der Waals surface area contributed by atoms with Gasteiger partial charge in [0.25, 0.3) is 11.5 Å². The molecule has 10 heteroatoms. The van der Waals surface area contributed by atoms with Crippen molar-refractivity contribution in [3.8, 4) is 0 Å². The van der Waals surface area contributed by atoms with E-state index < -0.39 is 23.0 Å². The minimum absolute atomic E-state index is 0.0155. The van der Waals surface area contributed by atoms with Crippen molar-refractivity contribution >= 4 is 28.3 Å². The molecule has 2 unspecified atom stereocenters. The van der Waals surface area contributed by atoms with Gasteiger partial charge in [-0.05, 0) is 51.0 Å². The number of anilines is 2. The van der Waals surface area contributed by atoms with E-state index in [4.69, 9.17) is 4.74 Å². The number of aromatic nitrogens is 3. The number of nitrogens with zero attached hydrogens (tertiary/aromatic N) is 3. The van der Waals surface area contributed by atoms with E-state index in [2.05, 4.69) is 15.3 Å². The Morgan fingerprint density at radius 2 is 1.91 bits per heavy atom. The highest BCUT2D eigenvalue weighted by Crippen LogP contribution is 2.27. The van der Waals surface area contributed by atoms with Crippen molar-refractivity contribution in [2.45, 2.75) is 59.3 Å². The number of halogens is 1. The van der Waals surface area contributed by atoms with E-state index in [1.54, 1.807) is 25.1 Å². The molecule has 35 heavy (non-hydrogen) atoms. The number of morpholine rings is 1. The molecule has 0 saturated carbocycles. The Hall–Kier alpha value is -3.53. The Morgan fingerprint density at radius 1 is 1.23 bits per heavy atom. The largest absolute Gasteiger partial charge is 0.372 e. The number of nitrogens with one attached hydrogen (secondary N) is 2. The summed E-state index contributed by atoms with van der Waals surface area (Å²) in [7, 11) is 0. The topological polar surface area (TPSA) is 109 Å². The Morgan fingerprint density at radius 3 is 2.51 bits per heavy atom. The summed E-state index contributed by atoms with van der Waals surface area (Å²) in [5.41, 5.74) is 0.185. The molecule has 0 bridgehead atoms. The van der Waals surface area contributed by atoms with Gasteiger partial charge in [0.1, 0.15) is 5.82 Å². The average Bonchev–Trinajstić information content (AvgIpc) is 2.77. The first-order chi connectivity index (χ1) is 16.6. The molecule has 3 aromatic rings. The molecule has 1 aliphatic rings. The van der Waals surface area contributed by atoms with Crippen molar-refractivity contribution in [2.24, 2.45) is 0 Å². The molecule has 0 radical (unpaired) electrons. The molecule has 2 atom stereocenters. The zero-order valence-electron chi connectivity index (χ0n) is 20.5.